The number of nitrogen functional groups attached to an aromatic ring is 1. The van der Waals surface area contributed by atoms with Crippen LogP contribution in [0.3, 0.4) is 0 Å². The standard InChI is InChI=1S/C18H16FN7O/c1-21-18(27)12-7-22-16(20)15-11(12)6-14(24-15)10-4-3-9(5-13(10)19)17-25-23-8-26(17)2/h3-8,24H,1-2H3,(H2,20,22)(H,21,27). The lowest BCUT2D eigenvalue weighted by molar-refractivity contribution is 0.0964. The molecule has 0 aliphatic rings. The van der Waals surface area contributed by atoms with Crippen molar-refractivity contribution in [2.75, 3.05) is 12.8 Å². The van der Waals surface area contributed by atoms with Gasteiger partial charge < -0.3 is 20.6 Å². The smallest absolute Gasteiger partial charge is 0.253 e. The fraction of sp³-hybridized carbons (Fsp3) is 0.111. The molecule has 4 rings (SSSR count). The van der Waals surface area contributed by atoms with Gasteiger partial charge in [0.1, 0.15) is 18.0 Å². The number of aromatic nitrogens is 5. The van der Waals surface area contributed by atoms with Crippen LogP contribution in [-0.4, -0.2) is 37.7 Å². The molecule has 0 aliphatic heterocycles. The Bertz CT molecular complexity index is 1180. The first-order valence-corrected chi connectivity index (χ1v) is 8.13. The molecule has 136 valence electrons. The first-order valence-electron chi connectivity index (χ1n) is 8.13. The predicted molar refractivity (Wildman–Crippen MR) is 99.3 cm³/mol. The zero-order chi connectivity index (χ0) is 19.1. The summed E-state index contributed by atoms with van der Waals surface area (Å²) >= 11 is 0. The maximum atomic E-state index is 14.8. The molecule has 27 heavy (non-hydrogen) atoms. The zero-order valence-electron chi connectivity index (χ0n) is 14.6. The molecule has 8 nitrogen and oxygen atoms in total. The van der Waals surface area contributed by atoms with Crippen LogP contribution in [0.2, 0.25) is 0 Å². The van der Waals surface area contributed by atoms with Crippen molar-refractivity contribution >= 4 is 22.6 Å². The molecule has 9 heteroatoms. The van der Waals surface area contributed by atoms with Crippen molar-refractivity contribution in [3.63, 3.8) is 0 Å². The van der Waals surface area contributed by atoms with Gasteiger partial charge >= 0.3 is 0 Å². The highest BCUT2D eigenvalue weighted by molar-refractivity contribution is 6.09. The van der Waals surface area contributed by atoms with E-state index in [9.17, 15) is 9.18 Å². The van der Waals surface area contributed by atoms with Crippen molar-refractivity contribution in [3.8, 4) is 22.6 Å². The van der Waals surface area contributed by atoms with E-state index in [2.05, 4.69) is 25.5 Å². The van der Waals surface area contributed by atoms with Crippen LogP contribution in [0.1, 0.15) is 10.4 Å². The molecule has 0 fully saturated rings. The van der Waals surface area contributed by atoms with E-state index in [1.807, 2.05) is 0 Å². The number of hydrogen-bond donors (Lipinski definition) is 3. The molecule has 0 spiro atoms. The second-order valence-electron chi connectivity index (χ2n) is 6.07. The molecule has 0 unspecified atom stereocenters. The van der Waals surface area contributed by atoms with Crippen molar-refractivity contribution in [2.24, 2.45) is 7.05 Å². The van der Waals surface area contributed by atoms with E-state index in [1.54, 1.807) is 36.1 Å². The highest BCUT2D eigenvalue weighted by Gasteiger charge is 2.17. The number of nitrogens with one attached hydrogen (secondary N) is 2. The topological polar surface area (TPSA) is 115 Å². The van der Waals surface area contributed by atoms with E-state index < -0.39 is 5.82 Å². The molecular weight excluding hydrogens is 349 g/mol. The first-order chi connectivity index (χ1) is 13.0. The summed E-state index contributed by atoms with van der Waals surface area (Å²) in [4.78, 5) is 19.2. The van der Waals surface area contributed by atoms with Gasteiger partial charge in [-0.1, -0.05) is 6.07 Å². The third kappa shape index (κ3) is 2.69. The molecule has 0 saturated heterocycles. The van der Waals surface area contributed by atoms with Crippen LogP contribution in [0, 0.1) is 5.82 Å². The molecule has 4 N–H and O–H groups in total. The van der Waals surface area contributed by atoms with Crippen molar-refractivity contribution in [1.82, 2.24) is 30.0 Å². The Balaban J connectivity index is 1.84. The molecule has 4 aromatic rings. The van der Waals surface area contributed by atoms with Crippen LogP contribution in [0.4, 0.5) is 10.2 Å². The number of aryl methyl sites for hydroxylation is 1. The lowest BCUT2D eigenvalue weighted by Crippen LogP contribution is -2.18. The molecule has 3 aromatic heterocycles. The monoisotopic (exact) mass is 365 g/mol. The highest BCUT2D eigenvalue weighted by atomic mass is 19.1. The average molecular weight is 365 g/mol. The van der Waals surface area contributed by atoms with E-state index in [0.717, 1.165) is 0 Å². The molecule has 0 radical (unpaired) electrons. The van der Waals surface area contributed by atoms with Gasteiger partial charge in [-0.15, -0.1) is 10.2 Å². The summed E-state index contributed by atoms with van der Waals surface area (Å²) in [5, 5.41) is 10.9. The highest BCUT2D eigenvalue weighted by Crippen LogP contribution is 2.31. The van der Waals surface area contributed by atoms with Crippen molar-refractivity contribution in [2.45, 2.75) is 0 Å². The van der Waals surface area contributed by atoms with Gasteiger partial charge in [0.2, 0.25) is 0 Å². The summed E-state index contributed by atoms with van der Waals surface area (Å²) in [6.07, 6.45) is 2.95. The van der Waals surface area contributed by atoms with Crippen LogP contribution in [0.25, 0.3) is 33.5 Å². The molecule has 3 heterocycles. The summed E-state index contributed by atoms with van der Waals surface area (Å²) < 4.78 is 16.5. The van der Waals surface area contributed by atoms with E-state index in [0.29, 0.717) is 39.1 Å². The number of carbonyl (C=O) groups is 1. The van der Waals surface area contributed by atoms with Gasteiger partial charge in [0, 0.05) is 42.5 Å². The Morgan fingerprint density at radius 3 is 2.81 bits per heavy atom. The molecule has 0 aliphatic carbocycles. The van der Waals surface area contributed by atoms with Crippen LogP contribution in [0.15, 0.2) is 36.8 Å². The van der Waals surface area contributed by atoms with Crippen LogP contribution >= 0.6 is 0 Å². The van der Waals surface area contributed by atoms with Gasteiger partial charge in [0.15, 0.2) is 5.82 Å². The van der Waals surface area contributed by atoms with Gasteiger partial charge in [-0.05, 0) is 18.2 Å². The SMILES string of the molecule is CNC(=O)c1cnc(N)c2[nH]c(-c3ccc(-c4nncn4C)cc3F)cc12. The Kier molecular flexibility index (Phi) is 3.84. The minimum absolute atomic E-state index is 0.236. The van der Waals surface area contributed by atoms with Gasteiger partial charge in [0.25, 0.3) is 5.91 Å². The van der Waals surface area contributed by atoms with Crippen molar-refractivity contribution in [1.29, 1.82) is 0 Å². The molecule has 1 aromatic carbocycles. The average Bonchev–Trinajstić information content (AvgIpc) is 3.28. The lowest BCUT2D eigenvalue weighted by Gasteiger charge is -2.04. The van der Waals surface area contributed by atoms with E-state index in [4.69, 9.17) is 5.73 Å². The lowest BCUT2D eigenvalue weighted by atomic mass is 10.1. The number of aromatic amines is 1. The number of carbonyl (C=O) groups excluding carboxylic acids is 1. The number of rotatable bonds is 3. The number of amides is 1. The summed E-state index contributed by atoms with van der Waals surface area (Å²) in [5.74, 6) is 0.0682. The van der Waals surface area contributed by atoms with Gasteiger partial charge in [-0.25, -0.2) is 9.37 Å². The molecule has 0 bridgehead atoms. The fourth-order valence-electron chi connectivity index (χ4n) is 3.02. The second kappa shape index (κ2) is 6.20. The third-order valence-corrected chi connectivity index (χ3v) is 4.40. The summed E-state index contributed by atoms with van der Waals surface area (Å²) in [6, 6.07) is 6.49. The Morgan fingerprint density at radius 2 is 2.15 bits per heavy atom. The van der Waals surface area contributed by atoms with E-state index in [-0.39, 0.29) is 11.7 Å². The number of nitrogens with zero attached hydrogens (tertiary/aromatic N) is 4. The van der Waals surface area contributed by atoms with Gasteiger partial charge in [0.05, 0.1) is 11.1 Å². The summed E-state index contributed by atoms with van der Waals surface area (Å²) in [6.45, 7) is 0. The normalized spacial score (nSPS) is 11.1. The zero-order valence-corrected chi connectivity index (χ0v) is 14.6. The maximum absolute atomic E-state index is 14.8. The number of benzene rings is 1. The number of anilines is 1. The minimum atomic E-state index is -0.435. The summed E-state index contributed by atoms with van der Waals surface area (Å²) in [7, 11) is 3.32. The number of hydrogen-bond acceptors (Lipinski definition) is 5. The Hall–Kier alpha value is -3.75. The minimum Gasteiger partial charge on any atom is -0.382 e. The number of nitrogens with two attached hydrogens (primary N) is 1. The number of fused-ring (bicyclic) bond motifs is 1. The quantitative estimate of drug-likeness (QED) is 0.514. The van der Waals surface area contributed by atoms with E-state index >= 15 is 0 Å². The number of pyridine rings is 1. The third-order valence-electron chi connectivity index (χ3n) is 4.40. The maximum Gasteiger partial charge on any atom is 0.253 e. The molecule has 0 saturated carbocycles. The number of halogens is 1. The summed E-state index contributed by atoms with van der Waals surface area (Å²) in [5.41, 5.74) is 8.22. The van der Waals surface area contributed by atoms with Gasteiger partial charge in [-0.3, -0.25) is 4.79 Å². The predicted octanol–water partition coefficient (Wildman–Crippen LogP) is 2.11. The van der Waals surface area contributed by atoms with Crippen molar-refractivity contribution in [3.05, 3.63) is 48.2 Å². The van der Waals surface area contributed by atoms with Crippen molar-refractivity contribution < 1.29 is 9.18 Å². The van der Waals surface area contributed by atoms with E-state index in [1.165, 1.54) is 19.3 Å². The molecule has 0 atom stereocenters. The largest absolute Gasteiger partial charge is 0.382 e. The Morgan fingerprint density at radius 1 is 1.33 bits per heavy atom. The fourth-order valence-corrected chi connectivity index (χ4v) is 3.02. The van der Waals surface area contributed by atoms with Crippen LogP contribution < -0.4 is 11.1 Å². The van der Waals surface area contributed by atoms with Crippen LogP contribution in [-0.2, 0) is 7.05 Å². The molecular formula is C18H16FN7O. The first kappa shape index (κ1) is 16.7. The second-order valence-corrected chi connectivity index (χ2v) is 6.07. The van der Waals surface area contributed by atoms with Crippen LogP contribution in [0.5, 0.6) is 0 Å². The molecule has 1 amide bonds. The van der Waals surface area contributed by atoms with Gasteiger partial charge in [-0.2, -0.15) is 0 Å². The number of H-pyrrole nitrogens is 1. The Labute approximate surface area is 153 Å².